The monoisotopic (exact) mass is 435 g/mol. The van der Waals surface area contributed by atoms with Gasteiger partial charge in [-0.25, -0.2) is 8.78 Å². The van der Waals surface area contributed by atoms with Gasteiger partial charge >= 0.3 is 0 Å². The van der Waals surface area contributed by atoms with Gasteiger partial charge in [0.15, 0.2) is 5.82 Å². The first-order valence-corrected chi connectivity index (χ1v) is 8.02. The average molecular weight is 435 g/mol. The molecule has 0 atom stereocenters. The lowest BCUT2D eigenvalue weighted by molar-refractivity contribution is -0.116. The van der Waals surface area contributed by atoms with Crippen LogP contribution >= 0.6 is 22.6 Å². The number of amides is 1. The number of anilines is 1. The van der Waals surface area contributed by atoms with Crippen molar-refractivity contribution in [2.45, 2.75) is 39.0 Å². The minimum absolute atomic E-state index is 0.0704. The van der Waals surface area contributed by atoms with Crippen LogP contribution in [-0.4, -0.2) is 16.0 Å². The fraction of sp³-hybridized carbons (Fsp3) is 0.400. The number of rotatable bonds is 4. The maximum atomic E-state index is 13.4. The highest BCUT2D eigenvalue weighted by atomic mass is 127. The molecule has 2 rings (SSSR count). The number of aryl methyl sites for hydroxylation is 1. The molecule has 0 saturated carbocycles. The minimum Gasteiger partial charge on any atom is -0.339 e. The van der Waals surface area contributed by atoms with Crippen molar-refractivity contribution < 1.29 is 18.1 Å². The van der Waals surface area contributed by atoms with Crippen LogP contribution in [0, 0.1) is 15.2 Å². The zero-order chi connectivity index (χ0) is 17.2. The molecule has 0 radical (unpaired) electrons. The smallest absolute Gasteiger partial charge is 0.227 e. The van der Waals surface area contributed by atoms with Crippen LogP contribution in [0.25, 0.3) is 0 Å². The van der Waals surface area contributed by atoms with Crippen LogP contribution in [0.4, 0.5) is 14.5 Å². The van der Waals surface area contributed by atoms with E-state index in [1.807, 2.05) is 20.8 Å². The van der Waals surface area contributed by atoms with Gasteiger partial charge in [0.2, 0.25) is 11.8 Å². The fourth-order valence-electron chi connectivity index (χ4n) is 1.73. The van der Waals surface area contributed by atoms with Gasteiger partial charge in [-0.05, 0) is 34.7 Å². The lowest BCUT2D eigenvalue weighted by Crippen LogP contribution is -2.14. The van der Waals surface area contributed by atoms with Crippen molar-refractivity contribution in [2.24, 2.45) is 0 Å². The minimum atomic E-state index is -0.715. The van der Waals surface area contributed by atoms with E-state index in [0.29, 0.717) is 11.7 Å². The van der Waals surface area contributed by atoms with E-state index < -0.39 is 11.6 Å². The summed E-state index contributed by atoms with van der Waals surface area (Å²) in [6.07, 6.45) is 0.325. The molecule has 23 heavy (non-hydrogen) atoms. The maximum Gasteiger partial charge on any atom is 0.227 e. The molecule has 2 aromatic rings. The van der Waals surface area contributed by atoms with Gasteiger partial charge in [0.25, 0.3) is 0 Å². The largest absolute Gasteiger partial charge is 0.339 e. The highest BCUT2D eigenvalue weighted by Gasteiger charge is 2.21. The van der Waals surface area contributed by atoms with Crippen LogP contribution in [0.15, 0.2) is 16.7 Å². The zero-order valence-corrected chi connectivity index (χ0v) is 15.1. The Morgan fingerprint density at radius 1 is 1.30 bits per heavy atom. The third-order valence-corrected chi connectivity index (χ3v) is 4.00. The highest BCUT2D eigenvalue weighted by Crippen LogP contribution is 2.21. The Labute approximate surface area is 146 Å². The summed E-state index contributed by atoms with van der Waals surface area (Å²) >= 11 is 1.56. The summed E-state index contributed by atoms with van der Waals surface area (Å²) in [6.45, 7) is 5.86. The van der Waals surface area contributed by atoms with E-state index in [4.69, 9.17) is 4.52 Å². The number of nitrogens with zero attached hydrogens (tertiary/aromatic N) is 2. The van der Waals surface area contributed by atoms with Crippen molar-refractivity contribution in [3.63, 3.8) is 0 Å². The number of hydrogen-bond acceptors (Lipinski definition) is 4. The molecule has 1 heterocycles. The van der Waals surface area contributed by atoms with Gasteiger partial charge in [0, 0.05) is 23.9 Å². The number of nitrogens with one attached hydrogen (secondary N) is 1. The van der Waals surface area contributed by atoms with Crippen molar-refractivity contribution in [1.82, 2.24) is 10.1 Å². The summed E-state index contributed by atoms with van der Waals surface area (Å²) in [7, 11) is 0. The Bertz CT molecular complexity index is 703. The molecule has 0 bridgehead atoms. The van der Waals surface area contributed by atoms with Crippen LogP contribution in [0.1, 0.15) is 38.9 Å². The third kappa shape index (κ3) is 4.69. The van der Waals surface area contributed by atoms with Crippen LogP contribution < -0.4 is 5.32 Å². The van der Waals surface area contributed by atoms with Gasteiger partial charge in [-0.15, -0.1) is 0 Å². The molecule has 0 aliphatic carbocycles. The first-order valence-electron chi connectivity index (χ1n) is 6.94. The normalized spacial score (nSPS) is 11.6. The van der Waals surface area contributed by atoms with E-state index in [1.54, 1.807) is 22.6 Å². The van der Waals surface area contributed by atoms with Gasteiger partial charge in [-0.2, -0.15) is 4.98 Å². The van der Waals surface area contributed by atoms with Crippen molar-refractivity contribution in [3.8, 4) is 0 Å². The van der Waals surface area contributed by atoms with Crippen molar-refractivity contribution in [3.05, 3.63) is 39.1 Å². The molecule has 8 heteroatoms. The Morgan fingerprint density at radius 2 is 1.91 bits per heavy atom. The molecule has 1 N–H and O–H groups in total. The molecule has 1 amide bonds. The van der Waals surface area contributed by atoms with Crippen LogP contribution in [0.5, 0.6) is 0 Å². The molecular formula is C15H16F2IN3O2. The highest BCUT2D eigenvalue weighted by molar-refractivity contribution is 14.1. The fourth-order valence-corrected chi connectivity index (χ4v) is 2.04. The Morgan fingerprint density at radius 3 is 2.43 bits per heavy atom. The van der Waals surface area contributed by atoms with Gasteiger partial charge in [-0.1, -0.05) is 25.9 Å². The number of aromatic nitrogens is 2. The van der Waals surface area contributed by atoms with Crippen molar-refractivity contribution >= 4 is 34.2 Å². The molecule has 5 nitrogen and oxygen atoms in total. The summed E-state index contributed by atoms with van der Waals surface area (Å²) in [5.41, 5.74) is -0.161. The van der Waals surface area contributed by atoms with Gasteiger partial charge < -0.3 is 9.84 Å². The summed E-state index contributed by atoms with van der Waals surface area (Å²) in [6, 6.07) is 2.15. The number of carbonyl (C=O) groups is 1. The molecule has 1 aromatic carbocycles. The molecule has 0 unspecified atom stereocenters. The summed E-state index contributed by atoms with van der Waals surface area (Å²) in [5, 5.41) is 6.31. The van der Waals surface area contributed by atoms with Crippen LogP contribution in [-0.2, 0) is 16.6 Å². The molecule has 0 aliphatic heterocycles. The van der Waals surface area contributed by atoms with Gasteiger partial charge in [0.1, 0.15) is 11.6 Å². The topological polar surface area (TPSA) is 68.0 Å². The number of carbonyl (C=O) groups excluding carboxylic acids is 1. The van der Waals surface area contributed by atoms with E-state index in [2.05, 4.69) is 15.5 Å². The van der Waals surface area contributed by atoms with E-state index in [0.717, 1.165) is 12.1 Å². The SMILES string of the molecule is CC(C)(C)c1noc(CCC(=O)Nc2cc(F)c(I)c(F)c2)n1. The summed E-state index contributed by atoms with van der Waals surface area (Å²) in [4.78, 5) is 16.1. The van der Waals surface area contributed by atoms with Crippen LogP contribution in [0.3, 0.4) is 0 Å². The molecule has 1 aromatic heterocycles. The van der Waals surface area contributed by atoms with E-state index >= 15 is 0 Å². The first-order chi connectivity index (χ1) is 10.7. The Balaban J connectivity index is 1.94. The van der Waals surface area contributed by atoms with Crippen molar-refractivity contribution in [1.29, 1.82) is 0 Å². The van der Waals surface area contributed by atoms with Crippen molar-refractivity contribution in [2.75, 3.05) is 5.32 Å². The second kappa shape index (κ2) is 6.90. The molecule has 0 saturated heterocycles. The summed E-state index contributed by atoms with van der Waals surface area (Å²) in [5.74, 6) is -0.902. The van der Waals surface area contributed by atoms with E-state index in [-0.39, 0.29) is 33.4 Å². The second-order valence-electron chi connectivity index (χ2n) is 6.06. The average Bonchev–Trinajstić information content (AvgIpc) is 2.91. The van der Waals surface area contributed by atoms with E-state index in [1.165, 1.54) is 0 Å². The second-order valence-corrected chi connectivity index (χ2v) is 7.14. The Kier molecular flexibility index (Phi) is 5.33. The molecule has 124 valence electrons. The lowest BCUT2D eigenvalue weighted by Gasteiger charge is -2.10. The quantitative estimate of drug-likeness (QED) is 0.586. The molecule has 0 aliphatic rings. The first kappa shape index (κ1) is 17.8. The standard InChI is InChI=1S/C15H16F2IN3O2/c1-15(2,3)14-20-12(23-21-14)5-4-11(22)19-8-6-9(16)13(18)10(17)7-8/h6-7H,4-5H2,1-3H3,(H,19,22). The lowest BCUT2D eigenvalue weighted by atomic mass is 9.96. The van der Waals surface area contributed by atoms with E-state index in [9.17, 15) is 13.6 Å². The number of hydrogen-bond donors (Lipinski definition) is 1. The molecule has 0 fully saturated rings. The number of halogens is 3. The zero-order valence-electron chi connectivity index (χ0n) is 12.9. The predicted octanol–water partition coefficient (Wildman–Crippen LogP) is 3.82. The number of benzene rings is 1. The maximum absolute atomic E-state index is 13.4. The van der Waals surface area contributed by atoms with Gasteiger partial charge in [-0.3, -0.25) is 4.79 Å². The summed E-state index contributed by atoms with van der Waals surface area (Å²) < 4.78 is 31.8. The van der Waals surface area contributed by atoms with Gasteiger partial charge in [0.05, 0.1) is 3.57 Å². The third-order valence-electron chi connectivity index (χ3n) is 2.97. The molecule has 0 spiro atoms. The predicted molar refractivity (Wildman–Crippen MR) is 89.0 cm³/mol. The molecular weight excluding hydrogens is 419 g/mol. The van der Waals surface area contributed by atoms with Crippen LogP contribution in [0.2, 0.25) is 0 Å². The Hall–Kier alpha value is -1.58.